The predicted molar refractivity (Wildman–Crippen MR) is 114 cm³/mol. The predicted octanol–water partition coefficient (Wildman–Crippen LogP) is 2.88. The van der Waals surface area contributed by atoms with E-state index in [0.717, 1.165) is 31.5 Å². The van der Waals surface area contributed by atoms with Crippen LogP contribution in [0, 0.1) is 12.8 Å². The van der Waals surface area contributed by atoms with Gasteiger partial charge in [-0.25, -0.2) is 0 Å². The first-order valence-electron chi connectivity index (χ1n) is 10.5. The van der Waals surface area contributed by atoms with Crippen LogP contribution in [0.1, 0.15) is 38.9 Å². The maximum atomic E-state index is 13.0. The van der Waals surface area contributed by atoms with Crippen LogP contribution in [0.5, 0.6) is 0 Å². The number of amides is 2. The van der Waals surface area contributed by atoms with E-state index in [1.54, 1.807) is 11.3 Å². The second-order valence-electron chi connectivity index (χ2n) is 8.56. The van der Waals surface area contributed by atoms with Crippen molar-refractivity contribution in [2.24, 2.45) is 5.92 Å². The van der Waals surface area contributed by atoms with Gasteiger partial charge in [0.15, 0.2) is 0 Å². The molecule has 2 bridgehead atoms. The number of piperazine rings is 1. The molecule has 2 aliphatic heterocycles. The molecule has 1 aliphatic carbocycles. The summed E-state index contributed by atoms with van der Waals surface area (Å²) in [6, 6.07) is 14.3. The van der Waals surface area contributed by atoms with Gasteiger partial charge in [0.1, 0.15) is 0 Å². The Morgan fingerprint density at radius 3 is 2.72 bits per heavy atom. The molecular weight excluding hydrogens is 382 g/mol. The van der Waals surface area contributed by atoms with E-state index >= 15 is 0 Å². The fourth-order valence-corrected chi connectivity index (χ4v) is 5.89. The molecule has 0 radical (unpaired) electrons. The van der Waals surface area contributed by atoms with Gasteiger partial charge in [0, 0.05) is 65.4 Å². The van der Waals surface area contributed by atoms with E-state index in [1.165, 1.54) is 9.75 Å². The second kappa shape index (κ2) is 7.58. The highest BCUT2D eigenvalue weighted by atomic mass is 32.1. The van der Waals surface area contributed by atoms with Crippen molar-refractivity contribution in [2.75, 3.05) is 26.2 Å². The third-order valence-corrected chi connectivity index (χ3v) is 7.74. The number of nitrogens with one attached hydrogen (secondary N) is 1. The minimum absolute atomic E-state index is 0.115. The Balaban J connectivity index is 1.19. The summed E-state index contributed by atoms with van der Waals surface area (Å²) in [6.45, 7) is 5.35. The zero-order chi connectivity index (χ0) is 20.0. The molecule has 1 aromatic carbocycles. The number of carbonyl (C=O) groups excluding carboxylic acids is 2. The zero-order valence-electron chi connectivity index (χ0n) is 16.7. The lowest BCUT2D eigenvalue weighted by Gasteiger charge is -2.40. The average molecular weight is 410 g/mol. The molecule has 1 aromatic heterocycles. The van der Waals surface area contributed by atoms with Gasteiger partial charge in [-0.3, -0.25) is 14.5 Å². The Hall–Kier alpha value is -2.18. The molecule has 2 aromatic rings. The van der Waals surface area contributed by atoms with Gasteiger partial charge in [-0.05, 0) is 44.0 Å². The van der Waals surface area contributed by atoms with E-state index in [-0.39, 0.29) is 23.8 Å². The van der Waals surface area contributed by atoms with E-state index in [1.807, 2.05) is 35.2 Å². The molecule has 5 atom stereocenters. The topological polar surface area (TPSA) is 52.7 Å². The van der Waals surface area contributed by atoms with Crippen molar-refractivity contribution >= 4 is 23.2 Å². The Kier molecular flexibility index (Phi) is 4.92. The van der Waals surface area contributed by atoms with Crippen LogP contribution in [0.3, 0.4) is 0 Å². The quantitative estimate of drug-likeness (QED) is 0.826. The number of hydrogen-bond acceptors (Lipinski definition) is 4. The molecule has 5 rings (SSSR count). The maximum Gasteiger partial charge on any atom is 0.254 e. The largest absolute Gasteiger partial charge is 0.354 e. The van der Waals surface area contributed by atoms with Crippen LogP contribution < -0.4 is 5.32 Å². The molecule has 2 saturated heterocycles. The van der Waals surface area contributed by atoms with Crippen LogP contribution in [-0.4, -0.2) is 59.9 Å². The molecule has 3 fully saturated rings. The van der Waals surface area contributed by atoms with Crippen molar-refractivity contribution < 1.29 is 9.59 Å². The first-order chi connectivity index (χ1) is 14.1. The van der Waals surface area contributed by atoms with E-state index in [9.17, 15) is 9.59 Å². The van der Waals surface area contributed by atoms with E-state index in [0.29, 0.717) is 25.0 Å². The van der Waals surface area contributed by atoms with Gasteiger partial charge in [-0.15, -0.1) is 11.3 Å². The van der Waals surface area contributed by atoms with Crippen molar-refractivity contribution in [3.05, 3.63) is 57.8 Å². The Bertz CT molecular complexity index is 912. The summed E-state index contributed by atoms with van der Waals surface area (Å²) < 4.78 is 0. The maximum absolute atomic E-state index is 13.0. The summed E-state index contributed by atoms with van der Waals surface area (Å²) in [5.41, 5.74) is 0.752. The van der Waals surface area contributed by atoms with Crippen molar-refractivity contribution in [3.63, 3.8) is 0 Å². The monoisotopic (exact) mass is 409 g/mol. The van der Waals surface area contributed by atoms with Crippen LogP contribution in [0.25, 0.3) is 0 Å². The fraction of sp³-hybridized carbons (Fsp3) is 0.478. The molecule has 3 heterocycles. The standard InChI is InChI=1S/C23H27N3O2S/c1-15-7-8-21(29-15)19-11-20(19)22(27)24-12-18-14-26(17-9-10-25(18)13-17)23(28)16-5-3-2-4-6-16/h2-8,17-20H,9-14H2,1H3,(H,24,27)/t17-,18+,19+,20-/m0/s1. The number of carbonyl (C=O) groups is 2. The first-order valence-corrected chi connectivity index (χ1v) is 11.4. The molecule has 1 saturated carbocycles. The molecule has 5 nitrogen and oxygen atoms in total. The number of aryl methyl sites for hydroxylation is 1. The van der Waals surface area contributed by atoms with Gasteiger partial charge in [-0.1, -0.05) is 18.2 Å². The third-order valence-electron chi connectivity index (χ3n) is 6.61. The Morgan fingerprint density at radius 2 is 1.97 bits per heavy atom. The molecule has 3 aliphatic rings. The van der Waals surface area contributed by atoms with E-state index in [2.05, 4.69) is 29.3 Å². The zero-order valence-corrected chi connectivity index (χ0v) is 17.5. The summed E-state index contributed by atoms with van der Waals surface area (Å²) in [5.74, 6) is 0.796. The SMILES string of the molecule is Cc1ccc([C@@H]2C[C@@H]2C(=O)NC[C@@H]2CN(C(=O)c3ccccc3)[C@H]3CCN2C3)s1. The molecule has 6 heteroatoms. The number of nitrogens with zero attached hydrogens (tertiary/aromatic N) is 2. The highest BCUT2D eigenvalue weighted by Crippen LogP contribution is 2.49. The lowest BCUT2D eigenvalue weighted by Crippen LogP contribution is -2.57. The molecule has 152 valence electrons. The molecule has 2 amide bonds. The Labute approximate surface area is 175 Å². The van der Waals surface area contributed by atoms with Gasteiger partial charge < -0.3 is 10.2 Å². The number of fused-ring (bicyclic) bond motifs is 2. The van der Waals surface area contributed by atoms with Gasteiger partial charge >= 0.3 is 0 Å². The second-order valence-corrected chi connectivity index (χ2v) is 9.88. The molecular formula is C23H27N3O2S. The summed E-state index contributed by atoms with van der Waals surface area (Å²) in [7, 11) is 0. The summed E-state index contributed by atoms with van der Waals surface area (Å²) in [5, 5.41) is 3.19. The van der Waals surface area contributed by atoms with Gasteiger partial charge in [0.05, 0.1) is 0 Å². The molecule has 29 heavy (non-hydrogen) atoms. The van der Waals surface area contributed by atoms with Crippen molar-refractivity contribution in [1.82, 2.24) is 15.1 Å². The highest BCUT2D eigenvalue weighted by molar-refractivity contribution is 7.12. The first kappa shape index (κ1) is 18.8. The lowest BCUT2D eigenvalue weighted by atomic mass is 10.1. The molecule has 0 spiro atoms. The van der Waals surface area contributed by atoms with Gasteiger partial charge in [-0.2, -0.15) is 0 Å². The molecule has 1 N–H and O–H groups in total. The van der Waals surface area contributed by atoms with E-state index in [4.69, 9.17) is 0 Å². The van der Waals surface area contributed by atoms with Crippen molar-refractivity contribution in [1.29, 1.82) is 0 Å². The number of hydrogen-bond donors (Lipinski definition) is 1. The molecule has 1 unspecified atom stereocenters. The Morgan fingerprint density at radius 1 is 1.14 bits per heavy atom. The van der Waals surface area contributed by atoms with Crippen LogP contribution in [0.2, 0.25) is 0 Å². The van der Waals surface area contributed by atoms with Crippen LogP contribution >= 0.6 is 11.3 Å². The van der Waals surface area contributed by atoms with Gasteiger partial charge in [0.25, 0.3) is 5.91 Å². The van der Waals surface area contributed by atoms with Gasteiger partial charge in [0.2, 0.25) is 5.91 Å². The van der Waals surface area contributed by atoms with Crippen molar-refractivity contribution in [2.45, 2.75) is 37.8 Å². The van der Waals surface area contributed by atoms with Crippen LogP contribution in [0.4, 0.5) is 0 Å². The van der Waals surface area contributed by atoms with E-state index < -0.39 is 0 Å². The average Bonchev–Trinajstić information content (AvgIpc) is 3.26. The minimum Gasteiger partial charge on any atom is -0.354 e. The van der Waals surface area contributed by atoms with Crippen molar-refractivity contribution in [3.8, 4) is 0 Å². The summed E-state index contributed by atoms with van der Waals surface area (Å²) in [4.78, 5) is 32.8. The number of benzene rings is 1. The number of thiophene rings is 1. The summed E-state index contributed by atoms with van der Waals surface area (Å²) >= 11 is 1.80. The smallest absolute Gasteiger partial charge is 0.254 e. The fourth-order valence-electron chi connectivity index (χ4n) is 4.84. The normalized spacial score (nSPS) is 30.2. The summed E-state index contributed by atoms with van der Waals surface area (Å²) in [6.07, 6.45) is 1.98. The van der Waals surface area contributed by atoms with Crippen LogP contribution in [0.15, 0.2) is 42.5 Å². The highest BCUT2D eigenvalue weighted by Gasteiger charge is 2.45. The lowest BCUT2D eigenvalue weighted by molar-refractivity contribution is -0.122. The minimum atomic E-state index is 0.115. The third kappa shape index (κ3) is 3.71. The number of rotatable bonds is 5. The van der Waals surface area contributed by atoms with Crippen LogP contribution in [-0.2, 0) is 4.79 Å².